The molecule has 1 fully saturated rings. The molecule has 2 unspecified atom stereocenters. The molecule has 4 heteroatoms. The number of hydrogen-bond acceptors (Lipinski definition) is 2. The maximum atomic E-state index is 11.2. The number of rotatable bonds is 3. The van der Waals surface area contributed by atoms with Gasteiger partial charge in [-0.3, -0.25) is 0 Å². The van der Waals surface area contributed by atoms with E-state index < -0.39 is 6.03 Å². The molecule has 1 saturated heterocycles. The van der Waals surface area contributed by atoms with Crippen LogP contribution in [0.5, 0.6) is 0 Å². The maximum absolute atomic E-state index is 11.2. The first-order valence-electron chi connectivity index (χ1n) is 6.49. The van der Waals surface area contributed by atoms with Crippen molar-refractivity contribution in [1.29, 1.82) is 0 Å². The lowest BCUT2D eigenvalue weighted by atomic mass is 9.91. The SMILES string of the molecule is CN1CCCCC1C(NC(N)=O)c1ccccc1. The van der Waals surface area contributed by atoms with E-state index in [1.165, 1.54) is 12.8 Å². The summed E-state index contributed by atoms with van der Waals surface area (Å²) >= 11 is 0. The van der Waals surface area contributed by atoms with E-state index in [1.54, 1.807) is 0 Å². The second-order valence-electron chi connectivity index (χ2n) is 4.94. The molecule has 1 aliphatic heterocycles. The summed E-state index contributed by atoms with van der Waals surface area (Å²) in [4.78, 5) is 13.5. The first kappa shape index (κ1) is 12.9. The fraction of sp³-hybridized carbons (Fsp3) is 0.500. The molecular weight excluding hydrogens is 226 g/mol. The zero-order chi connectivity index (χ0) is 13.0. The summed E-state index contributed by atoms with van der Waals surface area (Å²) in [7, 11) is 2.11. The van der Waals surface area contributed by atoms with Crippen LogP contribution in [0.4, 0.5) is 4.79 Å². The van der Waals surface area contributed by atoms with E-state index in [2.05, 4.69) is 17.3 Å². The Morgan fingerprint density at radius 1 is 1.39 bits per heavy atom. The Morgan fingerprint density at radius 3 is 2.72 bits per heavy atom. The van der Waals surface area contributed by atoms with Crippen molar-refractivity contribution in [1.82, 2.24) is 10.2 Å². The number of benzene rings is 1. The van der Waals surface area contributed by atoms with Gasteiger partial charge < -0.3 is 16.0 Å². The van der Waals surface area contributed by atoms with Crippen molar-refractivity contribution in [2.24, 2.45) is 5.73 Å². The normalized spacial score (nSPS) is 22.4. The summed E-state index contributed by atoms with van der Waals surface area (Å²) in [5.41, 5.74) is 6.43. The molecule has 2 atom stereocenters. The van der Waals surface area contributed by atoms with E-state index in [9.17, 15) is 4.79 Å². The van der Waals surface area contributed by atoms with E-state index in [4.69, 9.17) is 5.73 Å². The van der Waals surface area contributed by atoms with Gasteiger partial charge in [0.25, 0.3) is 0 Å². The highest BCUT2D eigenvalue weighted by Gasteiger charge is 2.29. The zero-order valence-corrected chi connectivity index (χ0v) is 10.8. The third-order valence-electron chi connectivity index (χ3n) is 3.67. The molecule has 0 aromatic heterocycles. The summed E-state index contributed by atoms with van der Waals surface area (Å²) < 4.78 is 0. The third-order valence-corrected chi connectivity index (χ3v) is 3.67. The van der Waals surface area contributed by atoms with Crippen LogP contribution in [0.25, 0.3) is 0 Å². The number of carbonyl (C=O) groups excluding carboxylic acids is 1. The van der Waals surface area contributed by atoms with Crippen molar-refractivity contribution in [2.45, 2.75) is 31.3 Å². The highest BCUT2D eigenvalue weighted by molar-refractivity contribution is 5.72. The second kappa shape index (κ2) is 5.87. The molecule has 1 aliphatic rings. The molecule has 4 nitrogen and oxygen atoms in total. The van der Waals surface area contributed by atoms with Gasteiger partial charge in [0, 0.05) is 6.04 Å². The Hall–Kier alpha value is -1.55. The Bertz CT molecular complexity index is 393. The summed E-state index contributed by atoms with van der Waals surface area (Å²) in [6, 6.07) is 9.91. The lowest BCUT2D eigenvalue weighted by Crippen LogP contribution is -2.48. The van der Waals surface area contributed by atoms with Gasteiger partial charge >= 0.3 is 6.03 Å². The third kappa shape index (κ3) is 3.01. The highest BCUT2D eigenvalue weighted by atomic mass is 16.2. The Labute approximate surface area is 108 Å². The number of amides is 2. The average molecular weight is 247 g/mol. The van der Waals surface area contributed by atoms with Gasteiger partial charge in [-0.2, -0.15) is 0 Å². The molecule has 1 heterocycles. The lowest BCUT2D eigenvalue weighted by molar-refractivity contribution is 0.146. The van der Waals surface area contributed by atoms with Gasteiger partial charge in [0.05, 0.1) is 6.04 Å². The van der Waals surface area contributed by atoms with Crippen LogP contribution in [0.15, 0.2) is 30.3 Å². The van der Waals surface area contributed by atoms with Crippen molar-refractivity contribution < 1.29 is 4.79 Å². The van der Waals surface area contributed by atoms with Crippen molar-refractivity contribution >= 4 is 6.03 Å². The standard InChI is InChI=1S/C14H21N3O/c1-17-10-6-5-9-12(17)13(16-14(15)18)11-7-3-2-4-8-11/h2-4,7-8,12-13H,5-6,9-10H2,1H3,(H3,15,16,18). The van der Waals surface area contributed by atoms with Gasteiger partial charge in [0.15, 0.2) is 0 Å². The Kier molecular flexibility index (Phi) is 4.20. The molecule has 1 aromatic rings. The fourth-order valence-corrected chi connectivity index (χ4v) is 2.74. The monoisotopic (exact) mass is 247 g/mol. The molecule has 3 N–H and O–H groups in total. The van der Waals surface area contributed by atoms with Crippen LogP contribution in [-0.2, 0) is 0 Å². The molecule has 0 aliphatic carbocycles. The van der Waals surface area contributed by atoms with E-state index in [0.29, 0.717) is 6.04 Å². The minimum absolute atomic E-state index is 0.0194. The van der Waals surface area contributed by atoms with Gasteiger partial charge in [-0.05, 0) is 32.0 Å². The zero-order valence-electron chi connectivity index (χ0n) is 10.8. The van der Waals surface area contributed by atoms with Crippen molar-refractivity contribution in [3.8, 4) is 0 Å². The number of urea groups is 1. The number of nitrogens with one attached hydrogen (secondary N) is 1. The van der Waals surface area contributed by atoms with E-state index in [0.717, 1.165) is 18.5 Å². The van der Waals surface area contributed by atoms with Gasteiger partial charge in [0.1, 0.15) is 0 Å². The smallest absolute Gasteiger partial charge is 0.312 e. The first-order chi connectivity index (χ1) is 8.68. The van der Waals surface area contributed by atoms with Crippen LogP contribution in [0.2, 0.25) is 0 Å². The number of likely N-dealkylation sites (tertiary alicyclic amines) is 1. The molecule has 0 spiro atoms. The van der Waals surface area contributed by atoms with Crippen molar-refractivity contribution in [2.75, 3.05) is 13.6 Å². The number of primary amides is 1. The van der Waals surface area contributed by atoms with Gasteiger partial charge in [-0.25, -0.2) is 4.79 Å². The molecule has 18 heavy (non-hydrogen) atoms. The second-order valence-corrected chi connectivity index (χ2v) is 4.94. The molecule has 2 amide bonds. The number of hydrogen-bond donors (Lipinski definition) is 2. The summed E-state index contributed by atoms with van der Waals surface area (Å²) in [5.74, 6) is 0. The predicted molar refractivity (Wildman–Crippen MR) is 72.2 cm³/mol. The van der Waals surface area contributed by atoms with Gasteiger partial charge in [-0.1, -0.05) is 36.8 Å². The van der Waals surface area contributed by atoms with Crippen LogP contribution in [0.3, 0.4) is 0 Å². The van der Waals surface area contributed by atoms with Gasteiger partial charge in [0.2, 0.25) is 0 Å². The number of likely N-dealkylation sites (N-methyl/N-ethyl adjacent to an activating group) is 1. The van der Waals surface area contributed by atoms with E-state index in [1.807, 2.05) is 30.3 Å². The largest absolute Gasteiger partial charge is 0.352 e. The summed E-state index contributed by atoms with van der Waals surface area (Å²) in [5, 5.41) is 2.89. The molecule has 98 valence electrons. The average Bonchev–Trinajstić information content (AvgIpc) is 2.38. The molecule has 1 aromatic carbocycles. The minimum Gasteiger partial charge on any atom is -0.352 e. The Balaban J connectivity index is 2.21. The number of carbonyl (C=O) groups is 1. The van der Waals surface area contributed by atoms with Crippen molar-refractivity contribution in [3.63, 3.8) is 0 Å². The van der Waals surface area contributed by atoms with Crippen molar-refractivity contribution in [3.05, 3.63) is 35.9 Å². The number of piperidine rings is 1. The summed E-state index contributed by atoms with van der Waals surface area (Å²) in [6.45, 7) is 1.08. The lowest BCUT2D eigenvalue weighted by Gasteiger charge is -2.38. The van der Waals surface area contributed by atoms with E-state index in [-0.39, 0.29) is 6.04 Å². The van der Waals surface area contributed by atoms with Gasteiger partial charge in [-0.15, -0.1) is 0 Å². The topological polar surface area (TPSA) is 58.4 Å². The molecule has 0 saturated carbocycles. The molecular formula is C14H21N3O. The van der Waals surface area contributed by atoms with Crippen LogP contribution in [-0.4, -0.2) is 30.6 Å². The Morgan fingerprint density at radius 2 is 2.11 bits per heavy atom. The minimum atomic E-state index is -0.456. The summed E-state index contributed by atoms with van der Waals surface area (Å²) in [6.07, 6.45) is 3.53. The van der Waals surface area contributed by atoms with Crippen LogP contribution < -0.4 is 11.1 Å². The first-order valence-corrected chi connectivity index (χ1v) is 6.49. The van der Waals surface area contributed by atoms with E-state index >= 15 is 0 Å². The quantitative estimate of drug-likeness (QED) is 0.856. The molecule has 2 rings (SSSR count). The van der Waals surface area contributed by atoms with Crippen LogP contribution >= 0.6 is 0 Å². The molecule has 0 bridgehead atoms. The van der Waals surface area contributed by atoms with Crippen LogP contribution in [0, 0.1) is 0 Å². The molecule has 0 radical (unpaired) electrons. The predicted octanol–water partition coefficient (Wildman–Crippen LogP) is 1.88. The number of nitrogens with zero attached hydrogens (tertiary/aromatic N) is 1. The maximum Gasteiger partial charge on any atom is 0.312 e. The fourth-order valence-electron chi connectivity index (χ4n) is 2.74. The number of nitrogens with two attached hydrogens (primary N) is 1. The van der Waals surface area contributed by atoms with Crippen LogP contribution in [0.1, 0.15) is 30.9 Å². The highest BCUT2D eigenvalue weighted by Crippen LogP contribution is 2.27.